The van der Waals surface area contributed by atoms with Crippen molar-refractivity contribution in [2.24, 2.45) is 5.73 Å². The summed E-state index contributed by atoms with van der Waals surface area (Å²) in [6, 6.07) is 4.32. The van der Waals surface area contributed by atoms with Crippen LogP contribution in [-0.4, -0.2) is 12.2 Å². The largest absolute Gasteiger partial charge is 0.403 e. The second kappa shape index (κ2) is 6.00. The lowest BCUT2D eigenvalue weighted by molar-refractivity contribution is -0.149. The molecule has 1 aromatic carbocycles. The van der Waals surface area contributed by atoms with Crippen LogP contribution in [0.5, 0.6) is 0 Å². The summed E-state index contributed by atoms with van der Waals surface area (Å²) in [7, 11) is 0. The minimum atomic E-state index is -4.32. The number of alkyl halides is 3. The van der Waals surface area contributed by atoms with Gasteiger partial charge in [0.05, 0.1) is 0 Å². The lowest BCUT2D eigenvalue weighted by Gasteiger charge is -2.14. The minimum absolute atomic E-state index is 0.0845. The molecule has 0 fully saturated rings. The molecule has 1 rings (SSSR count). The summed E-state index contributed by atoms with van der Waals surface area (Å²) in [5, 5.41) is 0. The highest BCUT2D eigenvalue weighted by Gasteiger charge is 2.35. The summed E-state index contributed by atoms with van der Waals surface area (Å²) in [6.45, 7) is 0. The van der Waals surface area contributed by atoms with Crippen molar-refractivity contribution in [1.82, 2.24) is 0 Å². The van der Waals surface area contributed by atoms with Gasteiger partial charge in [0.2, 0.25) is 0 Å². The number of hydrogen-bond donors (Lipinski definition) is 1. The molecule has 0 heterocycles. The average Bonchev–Trinajstić information content (AvgIpc) is 2.23. The van der Waals surface area contributed by atoms with E-state index >= 15 is 0 Å². The highest BCUT2D eigenvalue weighted by atomic mass is 19.4. The van der Waals surface area contributed by atoms with Crippen molar-refractivity contribution < 1.29 is 17.6 Å². The van der Waals surface area contributed by atoms with Crippen LogP contribution in [0.4, 0.5) is 17.6 Å². The van der Waals surface area contributed by atoms with Crippen molar-refractivity contribution in [3.8, 4) is 0 Å². The predicted octanol–water partition coefficient (Wildman–Crippen LogP) is 3.43. The first kappa shape index (κ1) is 14.0. The maximum atomic E-state index is 12.8. The van der Waals surface area contributed by atoms with E-state index in [9.17, 15) is 17.6 Å². The second-order valence-corrected chi connectivity index (χ2v) is 4.02. The Morgan fingerprint density at radius 3 is 2.47 bits per heavy atom. The molecule has 0 spiro atoms. The fraction of sp³-hybridized carbons (Fsp3) is 0.500. The average molecular weight is 249 g/mol. The van der Waals surface area contributed by atoms with Gasteiger partial charge < -0.3 is 5.73 Å². The smallest absolute Gasteiger partial charge is 0.320 e. The summed E-state index contributed by atoms with van der Waals surface area (Å²) in [4.78, 5) is 0. The summed E-state index contributed by atoms with van der Waals surface area (Å²) in [5.74, 6) is -0.325. The Bertz CT molecular complexity index is 349. The van der Waals surface area contributed by atoms with Crippen LogP contribution in [0.1, 0.15) is 24.8 Å². The van der Waals surface area contributed by atoms with Gasteiger partial charge in [-0.05, 0) is 37.0 Å². The number of hydrogen-bond acceptors (Lipinski definition) is 1. The molecule has 5 heteroatoms. The first-order valence-corrected chi connectivity index (χ1v) is 5.46. The maximum absolute atomic E-state index is 12.8. The van der Waals surface area contributed by atoms with Crippen molar-refractivity contribution >= 4 is 0 Å². The number of unbranched alkanes of at least 4 members (excludes halogenated alkanes) is 1. The molecule has 0 aliphatic carbocycles. The molecule has 2 N–H and O–H groups in total. The summed E-state index contributed by atoms with van der Waals surface area (Å²) in [6.07, 6.45) is -2.87. The summed E-state index contributed by atoms with van der Waals surface area (Å²) >= 11 is 0. The van der Waals surface area contributed by atoms with Crippen LogP contribution in [0.25, 0.3) is 0 Å². The second-order valence-electron chi connectivity index (χ2n) is 4.02. The highest BCUT2D eigenvalue weighted by Crippen LogP contribution is 2.22. The Morgan fingerprint density at radius 1 is 1.18 bits per heavy atom. The molecule has 1 nitrogen and oxygen atoms in total. The third kappa shape index (κ3) is 5.17. The molecule has 0 aliphatic rings. The topological polar surface area (TPSA) is 26.0 Å². The van der Waals surface area contributed by atoms with Crippen LogP contribution < -0.4 is 5.73 Å². The van der Waals surface area contributed by atoms with E-state index in [-0.39, 0.29) is 12.2 Å². The third-order valence-electron chi connectivity index (χ3n) is 2.54. The Labute approximate surface area is 97.6 Å². The van der Waals surface area contributed by atoms with Gasteiger partial charge in [0.25, 0.3) is 0 Å². The van der Waals surface area contributed by atoms with E-state index < -0.39 is 12.2 Å². The zero-order valence-electron chi connectivity index (χ0n) is 9.30. The van der Waals surface area contributed by atoms with Gasteiger partial charge in [-0.1, -0.05) is 18.6 Å². The predicted molar refractivity (Wildman–Crippen MR) is 58.0 cm³/mol. The van der Waals surface area contributed by atoms with Gasteiger partial charge in [-0.2, -0.15) is 13.2 Å². The monoisotopic (exact) mass is 249 g/mol. The van der Waals surface area contributed by atoms with Gasteiger partial charge in [0.15, 0.2) is 0 Å². The third-order valence-corrected chi connectivity index (χ3v) is 2.54. The van der Waals surface area contributed by atoms with Crippen molar-refractivity contribution in [2.45, 2.75) is 37.9 Å². The SMILES string of the molecule is N[C@@H](CCCCc1cccc(F)c1)C(F)(F)F. The van der Waals surface area contributed by atoms with Crippen LogP contribution in [0.3, 0.4) is 0 Å². The molecule has 0 unspecified atom stereocenters. The lowest BCUT2D eigenvalue weighted by Crippen LogP contribution is -2.37. The van der Waals surface area contributed by atoms with Crippen LogP contribution in [0, 0.1) is 5.82 Å². The first-order chi connectivity index (χ1) is 7.89. The molecule has 0 saturated carbocycles. The molecule has 0 bridgehead atoms. The van der Waals surface area contributed by atoms with Crippen molar-refractivity contribution in [1.29, 1.82) is 0 Å². The van der Waals surface area contributed by atoms with Crippen LogP contribution in [0.15, 0.2) is 24.3 Å². The van der Waals surface area contributed by atoms with E-state index in [4.69, 9.17) is 5.73 Å². The van der Waals surface area contributed by atoms with Crippen LogP contribution in [0.2, 0.25) is 0 Å². The maximum Gasteiger partial charge on any atom is 0.403 e. The molecular formula is C12H15F4N. The van der Waals surface area contributed by atoms with Gasteiger partial charge >= 0.3 is 6.18 Å². The molecule has 17 heavy (non-hydrogen) atoms. The summed E-state index contributed by atoms with van der Waals surface area (Å²) in [5.41, 5.74) is 5.77. The Morgan fingerprint density at radius 2 is 1.88 bits per heavy atom. The van der Waals surface area contributed by atoms with Crippen LogP contribution >= 0.6 is 0 Å². The molecule has 1 atom stereocenters. The van der Waals surface area contributed by atoms with E-state index in [1.165, 1.54) is 12.1 Å². The van der Waals surface area contributed by atoms with E-state index in [1.807, 2.05) is 0 Å². The van der Waals surface area contributed by atoms with E-state index in [0.29, 0.717) is 19.3 Å². The van der Waals surface area contributed by atoms with Gasteiger partial charge in [0, 0.05) is 0 Å². The van der Waals surface area contributed by atoms with Gasteiger partial charge in [-0.15, -0.1) is 0 Å². The highest BCUT2D eigenvalue weighted by molar-refractivity contribution is 5.16. The molecule has 96 valence electrons. The molecular weight excluding hydrogens is 234 g/mol. The standard InChI is InChI=1S/C12H15F4N/c13-10-6-3-5-9(8-10)4-1-2-7-11(17)12(14,15)16/h3,5-6,8,11H,1-2,4,7,17H2/t11-/m0/s1. The Kier molecular flexibility index (Phi) is 4.93. The van der Waals surface area contributed by atoms with Gasteiger partial charge in [-0.25, -0.2) is 4.39 Å². The van der Waals surface area contributed by atoms with Gasteiger partial charge in [0.1, 0.15) is 11.9 Å². The fourth-order valence-corrected chi connectivity index (χ4v) is 1.55. The quantitative estimate of drug-likeness (QED) is 0.628. The molecule has 0 aromatic heterocycles. The number of nitrogens with two attached hydrogens (primary N) is 1. The number of halogens is 4. The molecule has 0 saturated heterocycles. The Hall–Kier alpha value is -1.10. The molecule has 0 amide bonds. The lowest BCUT2D eigenvalue weighted by atomic mass is 10.0. The molecule has 1 aromatic rings. The number of benzene rings is 1. The fourth-order valence-electron chi connectivity index (χ4n) is 1.55. The number of rotatable bonds is 5. The van der Waals surface area contributed by atoms with Crippen molar-refractivity contribution in [3.05, 3.63) is 35.6 Å². The van der Waals surface area contributed by atoms with E-state index in [2.05, 4.69) is 0 Å². The zero-order valence-corrected chi connectivity index (χ0v) is 9.30. The van der Waals surface area contributed by atoms with E-state index in [0.717, 1.165) is 5.56 Å². The molecule has 0 radical (unpaired) electrons. The minimum Gasteiger partial charge on any atom is -0.320 e. The van der Waals surface area contributed by atoms with Crippen LogP contribution in [-0.2, 0) is 6.42 Å². The van der Waals surface area contributed by atoms with Crippen molar-refractivity contribution in [2.75, 3.05) is 0 Å². The van der Waals surface area contributed by atoms with E-state index in [1.54, 1.807) is 12.1 Å². The zero-order chi connectivity index (χ0) is 12.9. The van der Waals surface area contributed by atoms with Gasteiger partial charge in [-0.3, -0.25) is 0 Å². The molecule has 0 aliphatic heterocycles. The van der Waals surface area contributed by atoms with Crippen molar-refractivity contribution in [3.63, 3.8) is 0 Å². The number of aryl methyl sites for hydroxylation is 1. The normalized spacial score (nSPS) is 13.7. The first-order valence-electron chi connectivity index (χ1n) is 5.46. The summed E-state index contributed by atoms with van der Waals surface area (Å²) < 4.78 is 49.0. The Balaban J connectivity index is 2.25.